The van der Waals surface area contributed by atoms with Gasteiger partial charge in [0, 0.05) is 0 Å². The van der Waals surface area contributed by atoms with Gasteiger partial charge >= 0.3 is 0 Å². The molecule has 2 rings (SSSR count). The maximum atomic E-state index is 5.69. The molecule has 0 bridgehead atoms. The Morgan fingerprint density at radius 3 is 3.00 bits per heavy atom. The van der Waals surface area contributed by atoms with Crippen LogP contribution < -0.4 is 4.74 Å². The fourth-order valence-electron chi connectivity index (χ4n) is 1.33. The summed E-state index contributed by atoms with van der Waals surface area (Å²) in [7, 11) is 0. The lowest BCUT2D eigenvalue weighted by Crippen LogP contribution is -2.10. The Labute approximate surface area is 93.2 Å². The van der Waals surface area contributed by atoms with Gasteiger partial charge in [-0.15, -0.1) is 0 Å². The van der Waals surface area contributed by atoms with E-state index in [-0.39, 0.29) is 6.10 Å². The number of nitrogens with zero attached hydrogens (tertiary/aromatic N) is 1. The van der Waals surface area contributed by atoms with Crippen molar-refractivity contribution < 1.29 is 4.74 Å². The second-order valence-corrected chi connectivity index (χ2v) is 4.24. The third-order valence-corrected chi connectivity index (χ3v) is 3.12. The van der Waals surface area contributed by atoms with Crippen molar-refractivity contribution >= 4 is 21.6 Å². The van der Waals surface area contributed by atoms with Crippen LogP contribution in [0, 0.1) is 0 Å². The van der Waals surface area contributed by atoms with Crippen molar-refractivity contribution in [3.05, 3.63) is 36.9 Å². The summed E-state index contributed by atoms with van der Waals surface area (Å²) in [6, 6.07) is 8.04. The molecular formula is C12H13NOS. The number of hydrogen-bond acceptors (Lipinski definition) is 3. The molecule has 0 saturated heterocycles. The third-order valence-electron chi connectivity index (χ3n) is 2.19. The van der Waals surface area contributed by atoms with Gasteiger partial charge in [-0.3, -0.25) is 0 Å². The van der Waals surface area contributed by atoms with Crippen molar-refractivity contribution in [2.75, 3.05) is 0 Å². The van der Waals surface area contributed by atoms with Gasteiger partial charge in [-0.2, -0.15) is 0 Å². The molecule has 2 aromatic rings. The zero-order valence-electron chi connectivity index (χ0n) is 8.64. The van der Waals surface area contributed by atoms with E-state index >= 15 is 0 Å². The molecule has 0 fully saturated rings. The lowest BCUT2D eigenvalue weighted by molar-refractivity contribution is 0.245. The van der Waals surface area contributed by atoms with Gasteiger partial charge in [0.15, 0.2) is 0 Å². The van der Waals surface area contributed by atoms with Gasteiger partial charge in [-0.1, -0.05) is 43.0 Å². The van der Waals surface area contributed by atoms with Crippen LogP contribution in [0.1, 0.15) is 13.3 Å². The Bertz CT molecular complexity index is 430. The molecule has 1 heterocycles. The van der Waals surface area contributed by atoms with Crippen molar-refractivity contribution in [1.82, 2.24) is 4.98 Å². The zero-order chi connectivity index (χ0) is 10.7. The fourth-order valence-corrected chi connectivity index (χ4v) is 2.20. The van der Waals surface area contributed by atoms with Crippen molar-refractivity contribution in [3.8, 4) is 5.19 Å². The molecule has 78 valence electrons. The zero-order valence-corrected chi connectivity index (χ0v) is 9.46. The summed E-state index contributed by atoms with van der Waals surface area (Å²) in [6.45, 7) is 5.80. The molecule has 0 aliphatic heterocycles. The van der Waals surface area contributed by atoms with Gasteiger partial charge < -0.3 is 4.74 Å². The highest BCUT2D eigenvalue weighted by Gasteiger charge is 2.07. The summed E-state index contributed by atoms with van der Waals surface area (Å²) < 4.78 is 6.85. The summed E-state index contributed by atoms with van der Waals surface area (Å²) in [6.07, 6.45) is 2.79. The first kappa shape index (κ1) is 10.2. The smallest absolute Gasteiger partial charge is 0.274 e. The van der Waals surface area contributed by atoms with Crippen molar-refractivity contribution in [1.29, 1.82) is 0 Å². The Morgan fingerprint density at radius 1 is 1.53 bits per heavy atom. The van der Waals surface area contributed by atoms with Crippen LogP contribution in [0.25, 0.3) is 10.2 Å². The van der Waals surface area contributed by atoms with E-state index in [9.17, 15) is 0 Å². The molecule has 1 atom stereocenters. The van der Waals surface area contributed by atoms with E-state index in [1.807, 2.05) is 24.3 Å². The SMILES string of the molecule is C=CC(CC)Oc1nc2ccccc2s1. The van der Waals surface area contributed by atoms with E-state index in [4.69, 9.17) is 4.74 Å². The Kier molecular flexibility index (Phi) is 3.02. The van der Waals surface area contributed by atoms with E-state index in [2.05, 4.69) is 24.6 Å². The molecule has 0 aliphatic rings. The van der Waals surface area contributed by atoms with E-state index in [0.717, 1.165) is 21.8 Å². The number of aromatic nitrogens is 1. The summed E-state index contributed by atoms with van der Waals surface area (Å²) in [4.78, 5) is 4.40. The van der Waals surface area contributed by atoms with Gasteiger partial charge in [-0.05, 0) is 18.6 Å². The van der Waals surface area contributed by atoms with E-state index in [1.165, 1.54) is 0 Å². The van der Waals surface area contributed by atoms with Crippen LogP contribution in [0.15, 0.2) is 36.9 Å². The van der Waals surface area contributed by atoms with Crippen LogP contribution in [-0.2, 0) is 0 Å². The quantitative estimate of drug-likeness (QED) is 0.732. The van der Waals surface area contributed by atoms with E-state index in [1.54, 1.807) is 11.3 Å². The monoisotopic (exact) mass is 219 g/mol. The minimum absolute atomic E-state index is 0.0607. The number of thiazole rings is 1. The number of para-hydroxylation sites is 1. The number of ether oxygens (including phenoxy) is 1. The number of benzene rings is 1. The van der Waals surface area contributed by atoms with Crippen LogP contribution in [0.5, 0.6) is 5.19 Å². The Hall–Kier alpha value is -1.35. The van der Waals surface area contributed by atoms with Gasteiger partial charge in [0.1, 0.15) is 6.10 Å². The van der Waals surface area contributed by atoms with E-state index in [0.29, 0.717) is 0 Å². The summed E-state index contributed by atoms with van der Waals surface area (Å²) in [5.41, 5.74) is 0.997. The molecule has 0 radical (unpaired) electrons. The maximum Gasteiger partial charge on any atom is 0.274 e. The minimum atomic E-state index is 0.0607. The van der Waals surface area contributed by atoms with E-state index < -0.39 is 0 Å². The number of fused-ring (bicyclic) bond motifs is 1. The van der Waals surface area contributed by atoms with Gasteiger partial charge in [-0.25, -0.2) is 4.98 Å². The first-order valence-electron chi connectivity index (χ1n) is 4.98. The molecular weight excluding hydrogens is 206 g/mol. The molecule has 15 heavy (non-hydrogen) atoms. The summed E-state index contributed by atoms with van der Waals surface area (Å²) >= 11 is 1.58. The molecule has 0 N–H and O–H groups in total. The lowest BCUT2D eigenvalue weighted by atomic mass is 10.3. The second kappa shape index (κ2) is 4.45. The number of rotatable bonds is 4. The molecule has 0 aliphatic carbocycles. The predicted molar refractivity (Wildman–Crippen MR) is 64.5 cm³/mol. The van der Waals surface area contributed by atoms with Gasteiger partial charge in [0.2, 0.25) is 0 Å². The largest absolute Gasteiger partial charge is 0.462 e. The standard InChI is InChI=1S/C12H13NOS/c1-3-9(4-2)14-12-13-10-7-5-6-8-11(10)15-12/h3,5-9H,1,4H2,2H3. The van der Waals surface area contributed by atoms with Crippen LogP contribution in [0.2, 0.25) is 0 Å². The fraction of sp³-hybridized carbons (Fsp3) is 0.250. The molecule has 2 nitrogen and oxygen atoms in total. The number of hydrogen-bond donors (Lipinski definition) is 0. The second-order valence-electron chi connectivity index (χ2n) is 3.25. The van der Waals surface area contributed by atoms with Gasteiger partial charge in [0.05, 0.1) is 10.2 Å². The molecule has 1 aromatic heterocycles. The molecule has 0 amide bonds. The Balaban J connectivity index is 2.25. The van der Waals surface area contributed by atoms with Crippen LogP contribution in [0.4, 0.5) is 0 Å². The van der Waals surface area contributed by atoms with Crippen LogP contribution in [0.3, 0.4) is 0 Å². The molecule has 0 saturated carbocycles. The summed E-state index contributed by atoms with van der Waals surface area (Å²) in [5, 5.41) is 0.725. The minimum Gasteiger partial charge on any atom is -0.462 e. The topological polar surface area (TPSA) is 22.1 Å². The average molecular weight is 219 g/mol. The van der Waals surface area contributed by atoms with Crippen molar-refractivity contribution in [3.63, 3.8) is 0 Å². The molecule has 1 aromatic carbocycles. The predicted octanol–water partition coefficient (Wildman–Crippen LogP) is 3.64. The lowest BCUT2D eigenvalue weighted by Gasteiger charge is -2.09. The highest BCUT2D eigenvalue weighted by Crippen LogP contribution is 2.28. The van der Waals surface area contributed by atoms with Crippen LogP contribution in [-0.4, -0.2) is 11.1 Å². The highest BCUT2D eigenvalue weighted by atomic mass is 32.1. The van der Waals surface area contributed by atoms with Crippen LogP contribution >= 0.6 is 11.3 Å². The van der Waals surface area contributed by atoms with Gasteiger partial charge in [0.25, 0.3) is 5.19 Å². The van der Waals surface area contributed by atoms with Crippen molar-refractivity contribution in [2.45, 2.75) is 19.4 Å². The molecule has 3 heteroatoms. The molecule has 1 unspecified atom stereocenters. The Morgan fingerprint density at radius 2 is 2.33 bits per heavy atom. The normalized spacial score (nSPS) is 12.6. The molecule has 0 spiro atoms. The van der Waals surface area contributed by atoms with Crippen molar-refractivity contribution in [2.24, 2.45) is 0 Å². The first-order valence-corrected chi connectivity index (χ1v) is 5.80. The maximum absolute atomic E-state index is 5.69. The summed E-state index contributed by atoms with van der Waals surface area (Å²) in [5.74, 6) is 0. The third kappa shape index (κ3) is 2.18. The average Bonchev–Trinajstić information content (AvgIpc) is 2.68. The highest BCUT2D eigenvalue weighted by molar-refractivity contribution is 7.20. The first-order chi connectivity index (χ1) is 7.33.